The van der Waals surface area contributed by atoms with E-state index in [0.29, 0.717) is 16.6 Å². The lowest BCUT2D eigenvalue weighted by Crippen LogP contribution is -2.01. The lowest BCUT2D eigenvalue weighted by atomic mass is 10.2. The third kappa shape index (κ3) is 2.84. The van der Waals surface area contributed by atoms with E-state index in [0.717, 1.165) is 5.56 Å². The van der Waals surface area contributed by atoms with Crippen molar-refractivity contribution < 1.29 is 14.3 Å². The highest BCUT2D eigenvalue weighted by atomic mass is 32.1. The summed E-state index contributed by atoms with van der Waals surface area (Å²) in [7, 11) is 0. The molecule has 0 saturated heterocycles. The van der Waals surface area contributed by atoms with Crippen LogP contribution in [0, 0.1) is 12.7 Å². The van der Waals surface area contributed by atoms with Gasteiger partial charge in [-0.3, -0.25) is 0 Å². The molecule has 4 nitrogen and oxygen atoms in total. The molecular formula is C12H11FN2O2S. The lowest BCUT2D eigenvalue weighted by Gasteiger charge is -2.02. The first-order chi connectivity index (χ1) is 8.56. The van der Waals surface area contributed by atoms with Gasteiger partial charge in [-0.25, -0.2) is 14.2 Å². The Hall–Kier alpha value is -1.95. The number of hydrogen-bond acceptors (Lipinski definition) is 4. The molecule has 1 aromatic carbocycles. The zero-order chi connectivity index (χ0) is 13.1. The molecule has 2 aromatic rings. The molecule has 0 atom stereocenters. The number of nitrogens with zero attached hydrogens (tertiary/aromatic N) is 1. The molecule has 2 rings (SSSR count). The molecule has 0 amide bonds. The summed E-state index contributed by atoms with van der Waals surface area (Å²) < 4.78 is 12.7. The number of rotatable bonds is 4. The number of carbonyl (C=O) groups is 1. The molecule has 0 aliphatic heterocycles. The number of aryl methyl sites for hydroxylation is 1. The smallest absolute Gasteiger partial charge is 0.355 e. The topological polar surface area (TPSA) is 62.2 Å². The maximum Gasteiger partial charge on any atom is 0.355 e. The number of anilines is 1. The second-order valence-corrected chi connectivity index (χ2v) is 4.91. The summed E-state index contributed by atoms with van der Waals surface area (Å²) in [5.74, 6) is -1.31. The molecule has 6 heteroatoms. The van der Waals surface area contributed by atoms with E-state index in [-0.39, 0.29) is 11.5 Å². The van der Waals surface area contributed by atoms with Crippen molar-refractivity contribution >= 4 is 22.4 Å². The summed E-state index contributed by atoms with van der Waals surface area (Å²) in [5, 5.41) is 12.4. The highest BCUT2D eigenvalue weighted by molar-refractivity contribution is 7.15. The van der Waals surface area contributed by atoms with Gasteiger partial charge in [0.05, 0.1) is 0 Å². The van der Waals surface area contributed by atoms with E-state index in [4.69, 9.17) is 5.11 Å². The van der Waals surface area contributed by atoms with Gasteiger partial charge >= 0.3 is 5.97 Å². The Morgan fingerprint density at radius 2 is 2.11 bits per heavy atom. The van der Waals surface area contributed by atoms with Crippen LogP contribution in [-0.4, -0.2) is 16.1 Å². The Balaban J connectivity index is 2.04. The van der Waals surface area contributed by atoms with Crippen LogP contribution in [0.1, 0.15) is 20.9 Å². The zero-order valence-electron chi connectivity index (χ0n) is 9.61. The minimum Gasteiger partial charge on any atom is -0.476 e. The van der Waals surface area contributed by atoms with Crippen LogP contribution in [0.15, 0.2) is 24.3 Å². The predicted octanol–water partition coefficient (Wildman–Crippen LogP) is 2.90. The number of carboxylic acid groups (broad SMARTS) is 1. The van der Waals surface area contributed by atoms with Crippen LogP contribution in [0.3, 0.4) is 0 Å². The fourth-order valence-electron chi connectivity index (χ4n) is 1.45. The minimum absolute atomic E-state index is 0.0709. The van der Waals surface area contributed by atoms with Crippen LogP contribution in [0.5, 0.6) is 0 Å². The summed E-state index contributed by atoms with van der Waals surface area (Å²) in [6.45, 7) is 2.19. The van der Waals surface area contributed by atoms with E-state index < -0.39 is 5.97 Å². The van der Waals surface area contributed by atoms with Gasteiger partial charge in [-0.1, -0.05) is 12.1 Å². The Morgan fingerprint density at radius 1 is 1.44 bits per heavy atom. The van der Waals surface area contributed by atoms with Crippen molar-refractivity contribution in [3.8, 4) is 0 Å². The van der Waals surface area contributed by atoms with Crippen molar-refractivity contribution in [2.75, 3.05) is 5.32 Å². The predicted molar refractivity (Wildman–Crippen MR) is 67.5 cm³/mol. The Bertz CT molecular complexity index is 566. The van der Waals surface area contributed by atoms with Gasteiger partial charge in [0, 0.05) is 11.4 Å². The normalized spacial score (nSPS) is 10.3. The van der Waals surface area contributed by atoms with Crippen molar-refractivity contribution in [3.63, 3.8) is 0 Å². The van der Waals surface area contributed by atoms with Gasteiger partial charge in [-0.05, 0) is 24.6 Å². The molecule has 18 heavy (non-hydrogen) atoms. The van der Waals surface area contributed by atoms with E-state index in [1.807, 2.05) is 0 Å². The highest BCUT2D eigenvalue weighted by Gasteiger charge is 2.13. The number of benzene rings is 1. The summed E-state index contributed by atoms with van der Waals surface area (Å²) in [6.07, 6.45) is 0. The number of aromatic nitrogens is 1. The standard InChI is InChI=1S/C12H11FN2O2S/c1-7-10(11(16)17)15-12(18-7)14-6-8-2-4-9(13)5-3-8/h2-5H,6H2,1H3,(H,14,15)(H,16,17). The summed E-state index contributed by atoms with van der Waals surface area (Å²) in [5.41, 5.74) is 0.975. The van der Waals surface area contributed by atoms with Gasteiger partial charge in [-0.2, -0.15) is 0 Å². The second-order valence-electron chi connectivity index (χ2n) is 3.71. The molecule has 0 bridgehead atoms. The van der Waals surface area contributed by atoms with Gasteiger partial charge < -0.3 is 10.4 Å². The highest BCUT2D eigenvalue weighted by Crippen LogP contribution is 2.22. The van der Waals surface area contributed by atoms with E-state index in [9.17, 15) is 9.18 Å². The number of carboxylic acids is 1. The number of nitrogens with one attached hydrogen (secondary N) is 1. The maximum absolute atomic E-state index is 12.7. The van der Waals surface area contributed by atoms with E-state index in [1.165, 1.54) is 23.5 Å². The third-order valence-corrected chi connectivity index (χ3v) is 3.28. The molecule has 0 spiro atoms. The van der Waals surface area contributed by atoms with Gasteiger partial charge in [0.15, 0.2) is 10.8 Å². The number of aromatic carboxylic acids is 1. The summed E-state index contributed by atoms with van der Waals surface area (Å²) in [6, 6.07) is 6.10. The monoisotopic (exact) mass is 266 g/mol. The fraction of sp³-hybridized carbons (Fsp3) is 0.167. The van der Waals surface area contributed by atoms with Crippen molar-refractivity contribution in [1.29, 1.82) is 0 Å². The number of halogens is 1. The van der Waals surface area contributed by atoms with E-state index in [2.05, 4.69) is 10.3 Å². The summed E-state index contributed by atoms with van der Waals surface area (Å²) in [4.78, 5) is 15.5. The molecule has 0 aliphatic carbocycles. The Morgan fingerprint density at radius 3 is 2.67 bits per heavy atom. The van der Waals surface area contributed by atoms with Crippen LogP contribution in [0.2, 0.25) is 0 Å². The molecular weight excluding hydrogens is 255 g/mol. The quantitative estimate of drug-likeness (QED) is 0.893. The molecule has 94 valence electrons. The second kappa shape index (κ2) is 5.14. The van der Waals surface area contributed by atoms with Crippen molar-refractivity contribution in [1.82, 2.24) is 4.98 Å². The molecule has 1 aromatic heterocycles. The molecule has 0 unspecified atom stereocenters. The van der Waals surface area contributed by atoms with Crippen molar-refractivity contribution in [2.24, 2.45) is 0 Å². The van der Waals surface area contributed by atoms with Gasteiger partial charge in [-0.15, -0.1) is 11.3 Å². The Labute approximate surface area is 107 Å². The first kappa shape index (κ1) is 12.5. The third-order valence-electron chi connectivity index (χ3n) is 2.36. The lowest BCUT2D eigenvalue weighted by molar-refractivity contribution is 0.0690. The molecule has 2 N–H and O–H groups in total. The molecule has 1 heterocycles. The van der Waals surface area contributed by atoms with E-state index in [1.54, 1.807) is 19.1 Å². The van der Waals surface area contributed by atoms with Crippen LogP contribution in [0.4, 0.5) is 9.52 Å². The Kier molecular flexibility index (Phi) is 3.57. The van der Waals surface area contributed by atoms with Crippen LogP contribution in [0.25, 0.3) is 0 Å². The minimum atomic E-state index is -1.03. The average Bonchev–Trinajstić information content (AvgIpc) is 2.70. The first-order valence-electron chi connectivity index (χ1n) is 5.25. The molecule has 0 saturated carbocycles. The van der Waals surface area contributed by atoms with Gasteiger partial charge in [0.25, 0.3) is 0 Å². The zero-order valence-corrected chi connectivity index (χ0v) is 10.4. The van der Waals surface area contributed by atoms with Crippen LogP contribution < -0.4 is 5.32 Å². The van der Waals surface area contributed by atoms with Crippen molar-refractivity contribution in [2.45, 2.75) is 13.5 Å². The SMILES string of the molecule is Cc1sc(NCc2ccc(F)cc2)nc1C(=O)O. The number of thiazole rings is 1. The first-order valence-corrected chi connectivity index (χ1v) is 6.07. The summed E-state index contributed by atoms with van der Waals surface area (Å²) >= 11 is 1.29. The largest absolute Gasteiger partial charge is 0.476 e. The van der Waals surface area contributed by atoms with Gasteiger partial charge in [0.1, 0.15) is 5.82 Å². The van der Waals surface area contributed by atoms with Gasteiger partial charge in [0.2, 0.25) is 0 Å². The fourth-order valence-corrected chi connectivity index (χ4v) is 2.25. The van der Waals surface area contributed by atoms with Crippen LogP contribution >= 0.6 is 11.3 Å². The van der Waals surface area contributed by atoms with Crippen LogP contribution in [-0.2, 0) is 6.54 Å². The molecule has 0 fully saturated rings. The number of hydrogen-bond donors (Lipinski definition) is 2. The molecule has 0 radical (unpaired) electrons. The maximum atomic E-state index is 12.7. The molecule has 0 aliphatic rings. The average molecular weight is 266 g/mol. The van der Waals surface area contributed by atoms with Crippen molar-refractivity contribution in [3.05, 3.63) is 46.2 Å². The van der Waals surface area contributed by atoms with E-state index >= 15 is 0 Å².